The van der Waals surface area contributed by atoms with Gasteiger partial charge in [-0.3, -0.25) is 14.4 Å². The monoisotopic (exact) mass is 405 g/mol. The SMILES string of the molecule is CN(C(=O)COC(=O)C1CCN(C(=O)c2ccc(Cl)cc2)CC1)C(C)(C)C#N. The minimum absolute atomic E-state index is 0.0981. The third-order valence-electron chi connectivity index (χ3n) is 5.03. The summed E-state index contributed by atoms with van der Waals surface area (Å²) in [6, 6.07) is 8.71. The number of nitrogens with zero attached hydrogens (tertiary/aromatic N) is 3. The summed E-state index contributed by atoms with van der Waals surface area (Å²) in [6.07, 6.45) is 0.956. The fourth-order valence-electron chi connectivity index (χ4n) is 2.83. The second-order valence-corrected chi connectivity index (χ2v) is 7.74. The average Bonchev–Trinajstić information content (AvgIpc) is 2.71. The molecule has 1 aromatic rings. The average molecular weight is 406 g/mol. The molecule has 0 unspecified atom stereocenters. The van der Waals surface area contributed by atoms with Crippen molar-refractivity contribution >= 4 is 29.4 Å². The summed E-state index contributed by atoms with van der Waals surface area (Å²) in [4.78, 5) is 39.8. The zero-order valence-electron chi connectivity index (χ0n) is 16.3. The minimum atomic E-state index is -0.975. The normalized spacial score (nSPS) is 14.9. The van der Waals surface area contributed by atoms with E-state index in [1.165, 1.54) is 11.9 Å². The van der Waals surface area contributed by atoms with Gasteiger partial charge in [-0.2, -0.15) is 5.26 Å². The first kappa shape index (κ1) is 21.7. The van der Waals surface area contributed by atoms with Crippen LogP contribution in [0.2, 0.25) is 5.02 Å². The summed E-state index contributed by atoms with van der Waals surface area (Å²) in [5.74, 6) is -1.33. The highest BCUT2D eigenvalue weighted by molar-refractivity contribution is 6.30. The Morgan fingerprint density at radius 1 is 1.25 bits per heavy atom. The lowest BCUT2D eigenvalue weighted by molar-refractivity contribution is -0.157. The molecule has 1 heterocycles. The summed E-state index contributed by atoms with van der Waals surface area (Å²) in [7, 11) is 1.50. The van der Waals surface area contributed by atoms with Crippen LogP contribution >= 0.6 is 11.6 Å². The van der Waals surface area contributed by atoms with E-state index in [1.807, 2.05) is 6.07 Å². The maximum Gasteiger partial charge on any atom is 0.309 e. The number of nitriles is 1. The van der Waals surface area contributed by atoms with Gasteiger partial charge >= 0.3 is 5.97 Å². The maximum absolute atomic E-state index is 12.5. The van der Waals surface area contributed by atoms with Crippen LogP contribution in [0.3, 0.4) is 0 Å². The van der Waals surface area contributed by atoms with Gasteiger partial charge in [0.2, 0.25) is 0 Å². The van der Waals surface area contributed by atoms with E-state index in [0.717, 1.165) is 0 Å². The van der Waals surface area contributed by atoms with Gasteiger partial charge in [0.05, 0.1) is 12.0 Å². The van der Waals surface area contributed by atoms with Crippen molar-refractivity contribution in [2.45, 2.75) is 32.2 Å². The van der Waals surface area contributed by atoms with Crippen LogP contribution in [-0.2, 0) is 14.3 Å². The van der Waals surface area contributed by atoms with E-state index in [1.54, 1.807) is 43.0 Å². The number of hydrogen-bond donors (Lipinski definition) is 0. The summed E-state index contributed by atoms with van der Waals surface area (Å²) in [6.45, 7) is 3.71. The number of ether oxygens (including phenoxy) is 1. The second kappa shape index (κ2) is 9.07. The molecule has 0 saturated carbocycles. The molecule has 8 heteroatoms. The van der Waals surface area contributed by atoms with Gasteiger partial charge in [-0.1, -0.05) is 11.6 Å². The lowest BCUT2D eigenvalue weighted by Gasteiger charge is -2.31. The number of halogens is 1. The highest BCUT2D eigenvalue weighted by Crippen LogP contribution is 2.21. The molecule has 0 spiro atoms. The molecule has 28 heavy (non-hydrogen) atoms. The fourth-order valence-corrected chi connectivity index (χ4v) is 2.95. The van der Waals surface area contributed by atoms with Crippen LogP contribution in [0.1, 0.15) is 37.0 Å². The van der Waals surface area contributed by atoms with Gasteiger partial charge in [0, 0.05) is 30.7 Å². The van der Waals surface area contributed by atoms with Crippen molar-refractivity contribution in [3.05, 3.63) is 34.9 Å². The van der Waals surface area contributed by atoms with Crippen LogP contribution in [0.4, 0.5) is 0 Å². The molecular formula is C20H24ClN3O4. The van der Waals surface area contributed by atoms with E-state index >= 15 is 0 Å². The van der Waals surface area contributed by atoms with E-state index in [9.17, 15) is 14.4 Å². The van der Waals surface area contributed by atoms with E-state index < -0.39 is 24.0 Å². The molecule has 1 aliphatic rings. The predicted octanol–water partition coefficient (Wildman–Crippen LogP) is 2.50. The molecular weight excluding hydrogens is 382 g/mol. The Labute approximate surface area is 169 Å². The molecule has 0 aromatic heterocycles. The molecule has 0 atom stereocenters. The van der Waals surface area contributed by atoms with Gasteiger partial charge in [-0.05, 0) is 51.0 Å². The number of amides is 2. The van der Waals surface area contributed by atoms with Crippen LogP contribution < -0.4 is 0 Å². The molecule has 2 amide bonds. The van der Waals surface area contributed by atoms with Gasteiger partial charge in [0.1, 0.15) is 5.54 Å². The highest BCUT2D eigenvalue weighted by atomic mass is 35.5. The van der Waals surface area contributed by atoms with Crippen molar-refractivity contribution in [2.75, 3.05) is 26.7 Å². The van der Waals surface area contributed by atoms with Crippen LogP contribution in [0.5, 0.6) is 0 Å². The standard InChI is InChI=1S/C20H24ClN3O4/c1-20(2,13-22)23(3)17(25)12-28-19(27)15-8-10-24(11-9-15)18(26)14-4-6-16(21)7-5-14/h4-7,15H,8-12H2,1-3H3. The lowest BCUT2D eigenvalue weighted by atomic mass is 9.96. The summed E-state index contributed by atoms with van der Waals surface area (Å²) < 4.78 is 5.14. The quantitative estimate of drug-likeness (QED) is 0.702. The number of rotatable bonds is 5. The molecule has 1 saturated heterocycles. The molecule has 0 aliphatic carbocycles. The van der Waals surface area contributed by atoms with Gasteiger partial charge in [0.15, 0.2) is 6.61 Å². The third kappa shape index (κ3) is 5.23. The molecule has 1 fully saturated rings. The predicted molar refractivity (Wildman–Crippen MR) is 104 cm³/mol. The number of benzene rings is 1. The van der Waals surface area contributed by atoms with Gasteiger partial charge in [-0.25, -0.2) is 0 Å². The Kier molecular flexibility index (Phi) is 7.03. The van der Waals surface area contributed by atoms with Crippen molar-refractivity contribution in [3.8, 4) is 6.07 Å². The smallest absolute Gasteiger partial charge is 0.309 e. The number of esters is 1. The Balaban J connectivity index is 1.82. The Morgan fingerprint density at radius 3 is 2.36 bits per heavy atom. The van der Waals surface area contributed by atoms with Gasteiger partial charge in [0.25, 0.3) is 11.8 Å². The number of likely N-dealkylation sites (N-methyl/N-ethyl adjacent to an activating group) is 1. The van der Waals surface area contributed by atoms with Crippen LogP contribution in [0, 0.1) is 17.2 Å². The van der Waals surface area contributed by atoms with E-state index in [2.05, 4.69) is 0 Å². The number of carbonyl (C=O) groups is 3. The fraction of sp³-hybridized carbons (Fsp3) is 0.500. The molecule has 2 rings (SSSR count). The number of hydrogen-bond acceptors (Lipinski definition) is 5. The Bertz CT molecular complexity index is 778. The molecule has 0 bridgehead atoms. The van der Waals surface area contributed by atoms with E-state index in [-0.39, 0.29) is 11.8 Å². The van der Waals surface area contributed by atoms with Gasteiger partial charge in [-0.15, -0.1) is 0 Å². The highest BCUT2D eigenvalue weighted by Gasteiger charge is 2.31. The van der Waals surface area contributed by atoms with Crippen molar-refractivity contribution < 1.29 is 19.1 Å². The van der Waals surface area contributed by atoms with E-state index in [0.29, 0.717) is 36.5 Å². The number of piperidine rings is 1. The molecule has 1 aliphatic heterocycles. The zero-order chi connectivity index (χ0) is 20.9. The molecule has 0 N–H and O–H groups in total. The van der Waals surface area contributed by atoms with Crippen LogP contribution in [0.25, 0.3) is 0 Å². The summed E-state index contributed by atoms with van der Waals surface area (Å²) in [5, 5.41) is 9.64. The molecule has 150 valence electrons. The molecule has 1 aromatic carbocycles. The topological polar surface area (TPSA) is 90.7 Å². The first-order valence-corrected chi connectivity index (χ1v) is 9.43. The molecule has 0 radical (unpaired) electrons. The van der Waals surface area contributed by atoms with Crippen LogP contribution in [-0.4, -0.2) is 59.9 Å². The minimum Gasteiger partial charge on any atom is -0.455 e. The van der Waals surface area contributed by atoms with E-state index in [4.69, 9.17) is 21.6 Å². The summed E-state index contributed by atoms with van der Waals surface area (Å²) in [5.41, 5.74) is -0.421. The first-order chi connectivity index (χ1) is 13.2. The van der Waals surface area contributed by atoms with Crippen molar-refractivity contribution in [1.82, 2.24) is 9.80 Å². The first-order valence-electron chi connectivity index (χ1n) is 9.05. The lowest BCUT2D eigenvalue weighted by Crippen LogP contribution is -2.46. The third-order valence-corrected chi connectivity index (χ3v) is 5.28. The van der Waals surface area contributed by atoms with Gasteiger partial charge < -0.3 is 14.5 Å². The zero-order valence-corrected chi connectivity index (χ0v) is 17.0. The van der Waals surface area contributed by atoms with Crippen molar-refractivity contribution in [1.29, 1.82) is 5.26 Å². The molecule has 7 nitrogen and oxygen atoms in total. The van der Waals surface area contributed by atoms with Crippen LogP contribution in [0.15, 0.2) is 24.3 Å². The van der Waals surface area contributed by atoms with Crippen molar-refractivity contribution in [2.24, 2.45) is 5.92 Å². The summed E-state index contributed by atoms with van der Waals surface area (Å²) >= 11 is 5.84. The number of likely N-dealkylation sites (tertiary alicyclic amines) is 1. The van der Waals surface area contributed by atoms with Crippen molar-refractivity contribution in [3.63, 3.8) is 0 Å². The Hall–Kier alpha value is -2.59. The largest absolute Gasteiger partial charge is 0.455 e. The Morgan fingerprint density at radius 2 is 1.82 bits per heavy atom. The second-order valence-electron chi connectivity index (χ2n) is 7.30. The number of carbonyl (C=O) groups excluding carboxylic acids is 3. The maximum atomic E-state index is 12.5.